The van der Waals surface area contributed by atoms with Crippen LogP contribution in [0, 0.1) is 0 Å². The standard InChI is InChI=1S/C14H19NO2S/c1-14(13(16)17-2,15-11-8-9-11)10-18-12-6-4-3-5-7-12/h3-7,11,15H,8-10H2,1-2H3. The van der Waals surface area contributed by atoms with Crippen molar-refractivity contribution < 1.29 is 9.53 Å². The van der Waals surface area contributed by atoms with Gasteiger partial charge in [0.1, 0.15) is 5.54 Å². The van der Waals surface area contributed by atoms with Crippen molar-refractivity contribution in [3.05, 3.63) is 30.3 Å². The molecule has 0 amide bonds. The molecule has 0 aromatic heterocycles. The van der Waals surface area contributed by atoms with E-state index in [0.717, 1.165) is 12.8 Å². The van der Waals surface area contributed by atoms with E-state index in [4.69, 9.17) is 4.74 Å². The summed E-state index contributed by atoms with van der Waals surface area (Å²) in [5, 5.41) is 3.39. The molecular weight excluding hydrogens is 246 g/mol. The highest BCUT2D eigenvalue weighted by atomic mass is 32.2. The van der Waals surface area contributed by atoms with Gasteiger partial charge in [0.05, 0.1) is 7.11 Å². The molecule has 1 aromatic carbocycles. The first-order valence-electron chi connectivity index (χ1n) is 6.18. The van der Waals surface area contributed by atoms with Gasteiger partial charge in [-0.05, 0) is 31.9 Å². The number of nitrogens with one attached hydrogen (secondary N) is 1. The first-order chi connectivity index (χ1) is 8.64. The molecule has 0 spiro atoms. The number of methoxy groups -OCH3 is 1. The van der Waals surface area contributed by atoms with E-state index < -0.39 is 5.54 Å². The van der Waals surface area contributed by atoms with Gasteiger partial charge in [-0.1, -0.05) is 18.2 Å². The van der Waals surface area contributed by atoms with Gasteiger partial charge in [0.2, 0.25) is 0 Å². The van der Waals surface area contributed by atoms with E-state index in [9.17, 15) is 4.79 Å². The van der Waals surface area contributed by atoms with Crippen molar-refractivity contribution >= 4 is 17.7 Å². The van der Waals surface area contributed by atoms with Crippen molar-refractivity contribution in [1.82, 2.24) is 5.32 Å². The molecule has 1 aliphatic rings. The minimum absolute atomic E-state index is 0.183. The number of hydrogen-bond donors (Lipinski definition) is 1. The van der Waals surface area contributed by atoms with Crippen LogP contribution in [-0.4, -0.2) is 30.4 Å². The first kappa shape index (κ1) is 13.4. The molecular formula is C14H19NO2S. The Balaban J connectivity index is 1.98. The van der Waals surface area contributed by atoms with E-state index in [0.29, 0.717) is 11.8 Å². The summed E-state index contributed by atoms with van der Waals surface area (Å²) < 4.78 is 4.92. The molecule has 0 saturated heterocycles. The molecule has 1 atom stereocenters. The molecule has 1 fully saturated rings. The van der Waals surface area contributed by atoms with Crippen LogP contribution in [0.15, 0.2) is 35.2 Å². The molecule has 1 N–H and O–H groups in total. The van der Waals surface area contributed by atoms with Gasteiger partial charge >= 0.3 is 5.97 Å². The van der Waals surface area contributed by atoms with Gasteiger partial charge in [-0.3, -0.25) is 10.1 Å². The summed E-state index contributed by atoms with van der Waals surface area (Å²) in [5.74, 6) is 0.498. The number of carbonyl (C=O) groups excluding carboxylic acids is 1. The minimum Gasteiger partial charge on any atom is -0.468 e. The molecule has 0 aliphatic heterocycles. The SMILES string of the molecule is COC(=O)C(C)(CSc1ccccc1)NC1CC1. The van der Waals surface area contributed by atoms with E-state index in [1.165, 1.54) is 12.0 Å². The Morgan fingerprint density at radius 3 is 2.67 bits per heavy atom. The van der Waals surface area contributed by atoms with Gasteiger partial charge in [0.25, 0.3) is 0 Å². The fourth-order valence-corrected chi connectivity index (χ4v) is 2.81. The Morgan fingerprint density at radius 1 is 1.44 bits per heavy atom. The summed E-state index contributed by atoms with van der Waals surface area (Å²) in [6.07, 6.45) is 2.31. The summed E-state index contributed by atoms with van der Waals surface area (Å²) >= 11 is 1.68. The van der Waals surface area contributed by atoms with Crippen molar-refractivity contribution in [1.29, 1.82) is 0 Å². The Bertz CT molecular complexity index is 406. The van der Waals surface area contributed by atoms with Crippen LogP contribution < -0.4 is 5.32 Å². The maximum absolute atomic E-state index is 11.9. The quantitative estimate of drug-likeness (QED) is 0.633. The van der Waals surface area contributed by atoms with E-state index in [2.05, 4.69) is 17.4 Å². The highest BCUT2D eigenvalue weighted by Gasteiger charge is 2.39. The van der Waals surface area contributed by atoms with Gasteiger partial charge in [-0.25, -0.2) is 0 Å². The van der Waals surface area contributed by atoms with Crippen LogP contribution in [-0.2, 0) is 9.53 Å². The van der Waals surface area contributed by atoms with Crippen molar-refractivity contribution in [3.8, 4) is 0 Å². The molecule has 1 saturated carbocycles. The molecule has 3 nitrogen and oxygen atoms in total. The predicted octanol–water partition coefficient (Wildman–Crippen LogP) is 2.46. The average molecular weight is 265 g/mol. The summed E-state index contributed by atoms with van der Waals surface area (Å²) in [5.41, 5.74) is -0.601. The second-order valence-electron chi connectivity index (χ2n) is 4.84. The Labute approximate surface area is 112 Å². The minimum atomic E-state index is -0.601. The van der Waals surface area contributed by atoms with Gasteiger partial charge in [-0.2, -0.15) is 0 Å². The lowest BCUT2D eigenvalue weighted by molar-refractivity contribution is -0.146. The second kappa shape index (κ2) is 5.76. The lowest BCUT2D eigenvalue weighted by atomic mass is 10.1. The number of carbonyl (C=O) groups is 1. The lowest BCUT2D eigenvalue weighted by Crippen LogP contribution is -2.53. The van der Waals surface area contributed by atoms with E-state index in [1.54, 1.807) is 11.8 Å². The smallest absolute Gasteiger partial charge is 0.326 e. The topological polar surface area (TPSA) is 38.3 Å². The molecule has 1 unspecified atom stereocenters. The summed E-state index contributed by atoms with van der Waals surface area (Å²) in [6, 6.07) is 10.6. The van der Waals surface area contributed by atoms with Crippen molar-refractivity contribution in [2.24, 2.45) is 0 Å². The summed E-state index contributed by atoms with van der Waals surface area (Å²) in [4.78, 5) is 13.1. The zero-order valence-corrected chi connectivity index (χ0v) is 11.6. The van der Waals surface area contributed by atoms with E-state index in [-0.39, 0.29) is 5.97 Å². The Hall–Kier alpha value is -1.00. The average Bonchev–Trinajstić information content (AvgIpc) is 3.20. The summed E-state index contributed by atoms with van der Waals surface area (Å²) in [6.45, 7) is 1.92. The molecule has 2 rings (SSSR count). The van der Waals surface area contributed by atoms with Crippen LogP contribution in [0.4, 0.5) is 0 Å². The van der Waals surface area contributed by atoms with Gasteiger partial charge in [0.15, 0.2) is 0 Å². The third-order valence-electron chi connectivity index (χ3n) is 3.01. The highest BCUT2D eigenvalue weighted by Crippen LogP contribution is 2.28. The largest absolute Gasteiger partial charge is 0.468 e. The number of rotatable bonds is 6. The van der Waals surface area contributed by atoms with Crippen LogP contribution in [0.2, 0.25) is 0 Å². The summed E-state index contributed by atoms with van der Waals surface area (Å²) in [7, 11) is 1.45. The number of thioether (sulfide) groups is 1. The van der Waals surface area contributed by atoms with Gasteiger partial charge in [0, 0.05) is 16.7 Å². The van der Waals surface area contributed by atoms with Crippen LogP contribution in [0.3, 0.4) is 0 Å². The maximum atomic E-state index is 11.9. The zero-order chi connectivity index (χ0) is 13.0. The van der Waals surface area contributed by atoms with Gasteiger partial charge < -0.3 is 4.74 Å². The molecule has 0 heterocycles. The van der Waals surface area contributed by atoms with Crippen molar-refractivity contribution in [3.63, 3.8) is 0 Å². The van der Waals surface area contributed by atoms with Crippen LogP contribution in [0.25, 0.3) is 0 Å². The monoisotopic (exact) mass is 265 g/mol. The molecule has 0 bridgehead atoms. The number of ether oxygens (including phenoxy) is 1. The molecule has 1 aliphatic carbocycles. The molecule has 1 aromatic rings. The van der Waals surface area contributed by atoms with Gasteiger partial charge in [-0.15, -0.1) is 11.8 Å². The Kier molecular flexibility index (Phi) is 4.30. The second-order valence-corrected chi connectivity index (χ2v) is 5.89. The number of benzene rings is 1. The third kappa shape index (κ3) is 3.50. The van der Waals surface area contributed by atoms with Crippen molar-refractivity contribution in [2.45, 2.75) is 36.2 Å². The first-order valence-corrected chi connectivity index (χ1v) is 7.16. The zero-order valence-electron chi connectivity index (χ0n) is 10.8. The van der Waals surface area contributed by atoms with Crippen LogP contribution >= 0.6 is 11.8 Å². The highest BCUT2D eigenvalue weighted by molar-refractivity contribution is 7.99. The Morgan fingerprint density at radius 2 is 2.11 bits per heavy atom. The maximum Gasteiger partial charge on any atom is 0.326 e. The number of hydrogen-bond acceptors (Lipinski definition) is 4. The molecule has 0 radical (unpaired) electrons. The fraction of sp³-hybridized carbons (Fsp3) is 0.500. The third-order valence-corrected chi connectivity index (χ3v) is 4.33. The van der Waals surface area contributed by atoms with Crippen LogP contribution in [0.1, 0.15) is 19.8 Å². The molecule has 4 heteroatoms. The molecule has 98 valence electrons. The van der Waals surface area contributed by atoms with E-state index in [1.807, 2.05) is 25.1 Å². The van der Waals surface area contributed by atoms with E-state index >= 15 is 0 Å². The lowest BCUT2D eigenvalue weighted by Gasteiger charge is -2.27. The fourth-order valence-electron chi connectivity index (χ4n) is 1.81. The van der Waals surface area contributed by atoms with Crippen LogP contribution in [0.5, 0.6) is 0 Å². The number of esters is 1. The predicted molar refractivity (Wildman–Crippen MR) is 73.7 cm³/mol. The van der Waals surface area contributed by atoms with Crippen molar-refractivity contribution in [2.75, 3.05) is 12.9 Å². The molecule has 18 heavy (non-hydrogen) atoms. The normalized spacial score (nSPS) is 18.1.